The van der Waals surface area contributed by atoms with Gasteiger partial charge in [-0.1, -0.05) is 79.9 Å². The Labute approximate surface area is 203 Å². The van der Waals surface area contributed by atoms with Gasteiger partial charge in [-0.3, -0.25) is 0 Å². The van der Waals surface area contributed by atoms with Gasteiger partial charge in [-0.15, -0.1) is 0 Å². The van der Waals surface area contributed by atoms with Crippen molar-refractivity contribution in [2.75, 3.05) is 13.7 Å². The second-order valence-corrected chi connectivity index (χ2v) is 16.2. The second kappa shape index (κ2) is 11.2. The quantitative estimate of drug-likeness (QED) is 0.178. The van der Waals surface area contributed by atoms with Gasteiger partial charge in [-0.05, 0) is 43.5 Å². The van der Waals surface area contributed by atoms with Gasteiger partial charge in [0.2, 0.25) is 0 Å². The number of ether oxygens (including phenoxy) is 2. The Bertz CT molecular complexity index is 1090. The van der Waals surface area contributed by atoms with Crippen molar-refractivity contribution < 1.29 is 14.3 Å². The van der Waals surface area contributed by atoms with Gasteiger partial charge < -0.3 is 14.0 Å². The van der Waals surface area contributed by atoms with E-state index >= 15 is 0 Å². The lowest BCUT2D eigenvalue weighted by Crippen LogP contribution is -2.22. The van der Waals surface area contributed by atoms with Crippen LogP contribution in [-0.4, -0.2) is 32.3 Å². The van der Waals surface area contributed by atoms with Gasteiger partial charge in [0.05, 0.1) is 12.7 Å². The normalized spacial score (nSPS) is 11.6. The Morgan fingerprint density at radius 1 is 0.970 bits per heavy atom. The van der Waals surface area contributed by atoms with E-state index in [9.17, 15) is 4.79 Å². The van der Waals surface area contributed by atoms with Crippen LogP contribution >= 0.6 is 11.8 Å². The summed E-state index contributed by atoms with van der Waals surface area (Å²) in [7, 11) is 0.287. The summed E-state index contributed by atoms with van der Waals surface area (Å²) in [6.45, 7) is 12.3. The third-order valence-corrected chi connectivity index (χ3v) is 8.78. The lowest BCUT2D eigenvalue weighted by Gasteiger charge is -2.16. The van der Waals surface area contributed by atoms with Crippen LogP contribution in [0.4, 0.5) is 0 Å². The van der Waals surface area contributed by atoms with Gasteiger partial charge in [0.1, 0.15) is 6.73 Å². The molecule has 0 aliphatic heterocycles. The molecule has 0 atom stereocenters. The zero-order valence-corrected chi connectivity index (χ0v) is 22.4. The summed E-state index contributed by atoms with van der Waals surface area (Å²) < 4.78 is 13.3. The predicted octanol–water partition coefficient (Wildman–Crippen LogP) is 6.95. The SMILES string of the molecule is COC(=O)c1c(Sc2ccccc2Cc2ccccc2)c(C)n(COCC[Si](C)(C)C)c1C. The molecule has 1 heterocycles. The summed E-state index contributed by atoms with van der Waals surface area (Å²) in [5.41, 5.74) is 5.04. The third-order valence-electron chi connectivity index (χ3n) is 5.76. The Kier molecular flexibility index (Phi) is 8.62. The molecule has 0 N–H and O–H groups in total. The van der Waals surface area contributed by atoms with Gasteiger partial charge in [0.25, 0.3) is 0 Å². The molecule has 0 aliphatic carbocycles. The molecule has 0 saturated heterocycles. The highest BCUT2D eigenvalue weighted by Gasteiger charge is 2.25. The first-order valence-corrected chi connectivity index (χ1v) is 15.9. The van der Waals surface area contributed by atoms with E-state index in [1.165, 1.54) is 18.2 Å². The van der Waals surface area contributed by atoms with Crippen LogP contribution in [0.25, 0.3) is 0 Å². The standard InChI is InChI=1S/C27H35NO3SSi/c1-20-25(27(29)30-3)26(21(2)28(20)19-31-16-17-33(4,5)6)32-24-15-11-10-14-23(24)18-22-12-8-7-9-13-22/h7-15H,16-19H2,1-6H3. The maximum atomic E-state index is 12.8. The number of carbonyl (C=O) groups is 1. The highest BCUT2D eigenvalue weighted by atomic mass is 32.2. The minimum absolute atomic E-state index is 0.306. The molecule has 176 valence electrons. The van der Waals surface area contributed by atoms with Crippen molar-refractivity contribution in [2.24, 2.45) is 0 Å². The Balaban J connectivity index is 1.90. The van der Waals surface area contributed by atoms with Crippen molar-refractivity contribution in [1.82, 2.24) is 4.57 Å². The number of rotatable bonds is 10. The largest absolute Gasteiger partial charge is 0.465 e. The van der Waals surface area contributed by atoms with E-state index in [1.807, 2.05) is 19.1 Å². The van der Waals surface area contributed by atoms with Crippen LogP contribution in [0.1, 0.15) is 32.9 Å². The number of hydrogen-bond donors (Lipinski definition) is 0. The lowest BCUT2D eigenvalue weighted by molar-refractivity contribution is 0.0594. The van der Waals surface area contributed by atoms with Crippen molar-refractivity contribution in [3.05, 3.63) is 82.7 Å². The van der Waals surface area contributed by atoms with E-state index < -0.39 is 8.07 Å². The molecule has 3 aromatic rings. The van der Waals surface area contributed by atoms with Gasteiger partial charge in [0.15, 0.2) is 0 Å². The lowest BCUT2D eigenvalue weighted by atomic mass is 10.1. The van der Waals surface area contributed by atoms with Gasteiger partial charge in [0, 0.05) is 35.9 Å². The summed E-state index contributed by atoms with van der Waals surface area (Å²) in [4.78, 5) is 14.8. The number of nitrogens with zero attached hydrogens (tertiary/aromatic N) is 1. The molecule has 0 fully saturated rings. The number of methoxy groups -OCH3 is 1. The van der Waals surface area contributed by atoms with E-state index in [4.69, 9.17) is 9.47 Å². The molecule has 3 rings (SSSR count). The fourth-order valence-electron chi connectivity index (χ4n) is 3.72. The van der Waals surface area contributed by atoms with Crippen LogP contribution in [0, 0.1) is 13.8 Å². The minimum atomic E-state index is -1.15. The number of benzene rings is 2. The first kappa shape index (κ1) is 25.3. The molecule has 6 heteroatoms. The molecule has 4 nitrogen and oxygen atoms in total. The van der Waals surface area contributed by atoms with Crippen molar-refractivity contribution in [2.45, 2.75) is 62.5 Å². The van der Waals surface area contributed by atoms with E-state index in [0.717, 1.165) is 40.3 Å². The first-order valence-electron chi connectivity index (χ1n) is 11.4. The molecular formula is C27H35NO3SSi. The molecule has 0 bridgehead atoms. The van der Waals surface area contributed by atoms with E-state index in [1.54, 1.807) is 11.8 Å². The summed E-state index contributed by atoms with van der Waals surface area (Å²) >= 11 is 1.64. The van der Waals surface area contributed by atoms with Crippen molar-refractivity contribution in [3.8, 4) is 0 Å². The summed E-state index contributed by atoms with van der Waals surface area (Å²) in [6, 6.07) is 20.0. The Morgan fingerprint density at radius 2 is 1.64 bits per heavy atom. The molecule has 0 unspecified atom stereocenters. The fourth-order valence-corrected chi connectivity index (χ4v) is 5.71. The van der Waals surface area contributed by atoms with Crippen molar-refractivity contribution in [1.29, 1.82) is 0 Å². The number of esters is 1. The first-order chi connectivity index (χ1) is 15.7. The predicted molar refractivity (Wildman–Crippen MR) is 139 cm³/mol. The number of aromatic nitrogens is 1. The van der Waals surface area contributed by atoms with Crippen molar-refractivity contribution >= 4 is 25.8 Å². The maximum Gasteiger partial charge on any atom is 0.340 e. The highest BCUT2D eigenvalue weighted by Crippen LogP contribution is 2.39. The van der Waals surface area contributed by atoms with Crippen LogP contribution in [0.3, 0.4) is 0 Å². The van der Waals surface area contributed by atoms with E-state index in [2.05, 4.69) is 73.6 Å². The smallest absolute Gasteiger partial charge is 0.340 e. The topological polar surface area (TPSA) is 40.5 Å². The molecule has 0 spiro atoms. The van der Waals surface area contributed by atoms with Gasteiger partial charge in [-0.2, -0.15) is 0 Å². The number of carbonyl (C=O) groups excluding carboxylic acids is 1. The monoisotopic (exact) mass is 481 g/mol. The molecule has 0 amide bonds. The van der Waals surface area contributed by atoms with Gasteiger partial charge in [-0.25, -0.2) is 4.79 Å². The minimum Gasteiger partial charge on any atom is -0.465 e. The molecule has 0 radical (unpaired) electrons. The molecule has 2 aromatic carbocycles. The molecule has 33 heavy (non-hydrogen) atoms. The summed E-state index contributed by atoms with van der Waals surface area (Å²) in [5.74, 6) is -0.306. The second-order valence-electron chi connectivity index (χ2n) is 9.51. The number of hydrogen-bond acceptors (Lipinski definition) is 4. The molecule has 0 aliphatic rings. The molecule has 0 saturated carbocycles. The average molecular weight is 482 g/mol. The van der Waals surface area contributed by atoms with Crippen molar-refractivity contribution in [3.63, 3.8) is 0 Å². The zero-order valence-electron chi connectivity index (χ0n) is 20.6. The van der Waals surface area contributed by atoms with Crippen LogP contribution in [-0.2, 0) is 22.6 Å². The molecule has 1 aromatic heterocycles. The van der Waals surface area contributed by atoms with Crippen LogP contribution in [0.15, 0.2) is 64.4 Å². The van der Waals surface area contributed by atoms with Crippen LogP contribution in [0.2, 0.25) is 25.7 Å². The fraction of sp³-hybridized carbons (Fsp3) is 0.370. The van der Waals surface area contributed by atoms with Crippen LogP contribution in [0.5, 0.6) is 0 Å². The summed E-state index contributed by atoms with van der Waals surface area (Å²) in [6.07, 6.45) is 0.843. The van der Waals surface area contributed by atoms with E-state index in [0.29, 0.717) is 12.3 Å². The average Bonchev–Trinajstić information content (AvgIpc) is 3.01. The molecular weight excluding hydrogens is 446 g/mol. The Hall–Kier alpha value is -2.28. The van der Waals surface area contributed by atoms with E-state index in [-0.39, 0.29) is 5.97 Å². The maximum absolute atomic E-state index is 12.8. The third kappa shape index (κ3) is 6.62. The zero-order chi connectivity index (χ0) is 24.0. The summed E-state index contributed by atoms with van der Waals surface area (Å²) in [5, 5.41) is 0. The highest BCUT2D eigenvalue weighted by molar-refractivity contribution is 7.99. The Morgan fingerprint density at radius 3 is 2.30 bits per heavy atom. The van der Waals surface area contributed by atoms with Gasteiger partial charge >= 0.3 is 5.97 Å². The van der Waals surface area contributed by atoms with Crippen LogP contribution < -0.4 is 0 Å².